The van der Waals surface area contributed by atoms with Gasteiger partial charge in [0.25, 0.3) is 10.1 Å². The SMILES string of the molecule is Cc1ccc(S(=O)(=O)OC2(C)CCOCC2)c(C)c1. The van der Waals surface area contributed by atoms with Crippen molar-refractivity contribution in [2.45, 2.75) is 44.1 Å². The lowest BCUT2D eigenvalue weighted by molar-refractivity contribution is -0.0305. The van der Waals surface area contributed by atoms with Crippen LogP contribution in [0.15, 0.2) is 23.1 Å². The number of rotatable bonds is 3. The van der Waals surface area contributed by atoms with E-state index < -0.39 is 15.7 Å². The average molecular weight is 284 g/mol. The van der Waals surface area contributed by atoms with Gasteiger partial charge >= 0.3 is 0 Å². The number of hydrogen-bond donors (Lipinski definition) is 0. The highest BCUT2D eigenvalue weighted by atomic mass is 32.2. The molecule has 1 heterocycles. The smallest absolute Gasteiger partial charge is 0.297 e. The van der Waals surface area contributed by atoms with Gasteiger partial charge in [-0.15, -0.1) is 0 Å². The molecular formula is C14H20O4S. The number of aryl methyl sites for hydroxylation is 2. The van der Waals surface area contributed by atoms with Crippen molar-refractivity contribution in [1.82, 2.24) is 0 Å². The van der Waals surface area contributed by atoms with E-state index in [4.69, 9.17) is 8.92 Å². The molecule has 1 aliphatic heterocycles. The summed E-state index contributed by atoms with van der Waals surface area (Å²) in [6, 6.07) is 5.25. The summed E-state index contributed by atoms with van der Waals surface area (Å²) in [6.45, 7) is 6.63. The second kappa shape index (κ2) is 5.23. The van der Waals surface area contributed by atoms with E-state index in [0.29, 0.717) is 26.1 Å². The average Bonchev–Trinajstić information content (AvgIpc) is 2.27. The standard InChI is InChI=1S/C14H20O4S/c1-11-4-5-13(12(2)10-11)19(15,16)18-14(3)6-8-17-9-7-14/h4-5,10H,6-9H2,1-3H3. The zero-order valence-electron chi connectivity index (χ0n) is 11.6. The molecule has 0 bridgehead atoms. The van der Waals surface area contributed by atoms with Crippen molar-refractivity contribution in [2.75, 3.05) is 13.2 Å². The molecule has 0 aromatic heterocycles. The molecule has 0 N–H and O–H groups in total. The van der Waals surface area contributed by atoms with Crippen LogP contribution in [-0.4, -0.2) is 27.2 Å². The van der Waals surface area contributed by atoms with Crippen LogP contribution in [-0.2, 0) is 19.0 Å². The second-order valence-electron chi connectivity index (χ2n) is 5.37. The summed E-state index contributed by atoms with van der Waals surface area (Å²) < 4.78 is 35.5. The Balaban J connectivity index is 2.27. The Bertz CT molecular complexity index is 557. The molecule has 0 spiro atoms. The van der Waals surface area contributed by atoms with E-state index in [1.165, 1.54) is 0 Å². The zero-order chi connectivity index (χ0) is 14.1. The van der Waals surface area contributed by atoms with E-state index in [1.54, 1.807) is 19.1 Å². The molecule has 0 unspecified atom stereocenters. The largest absolute Gasteiger partial charge is 0.381 e. The number of hydrogen-bond acceptors (Lipinski definition) is 4. The Kier molecular flexibility index (Phi) is 3.99. The van der Waals surface area contributed by atoms with Crippen molar-refractivity contribution in [3.63, 3.8) is 0 Å². The van der Waals surface area contributed by atoms with Crippen LogP contribution in [0.3, 0.4) is 0 Å². The first-order valence-electron chi connectivity index (χ1n) is 6.43. The van der Waals surface area contributed by atoms with Gasteiger partial charge in [0.1, 0.15) is 0 Å². The van der Waals surface area contributed by atoms with E-state index >= 15 is 0 Å². The quantitative estimate of drug-likeness (QED) is 0.801. The molecule has 106 valence electrons. The Labute approximate surface area is 114 Å². The van der Waals surface area contributed by atoms with E-state index in [1.807, 2.05) is 19.9 Å². The van der Waals surface area contributed by atoms with Gasteiger partial charge in [-0.3, -0.25) is 4.18 Å². The highest BCUT2D eigenvalue weighted by molar-refractivity contribution is 7.86. The van der Waals surface area contributed by atoms with Crippen LogP contribution in [0.2, 0.25) is 0 Å². The Hall–Kier alpha value is -0.910. The van der Waals surface area contributed by atoms with Crippen molar-refractivity contribution in [1.29, 1.82) is 0 Å². The molecule has 0 radical (unpaired) electrons. The van der Waals surface area contributed by atoms with Gasteiger partial charge < -0.3 is 4.74 Å². The molecule has 5 heteroatoms. The van der Waals surface area contributed by atoms with Crippen LogP contribution >= 0.6 is 0 Å². The summed E-state index contributed by atoms with van der Waals surface area (Å²) in [5, 5.41) is 0. The van der Waals surface area contributed by atoms with Crippen molar-refractivity contribution in [3.8, 4) is 0 Å². The maximum Gasteiger partial charge on any atom is 0.297 e. The molecule has 19 heavy (non-hydrogen) atoms. The fourth-order valence-corrected chi connectivity index (χ4v) is 3.75. The van der Waals surface area contributed by atoms with Gasteiger partial charge in [-0.05, 0) is 32.4 Å². The summed E-state index contributed by atoms with van der Waals surface area (Å²) in [4.78, 5) is 0.255. The van der Waals surface area contributed by atoms with Crippen LogP contribution in [0.4, 0.5) is 0 Å². The number of benzene rings is 1. The highest BCUT2D eigenvalue weighted by Crippen LogP contribution is 2.30. The lowest BCUT2D eigenvalue weighted by atomic mass is 9.98. The molecule has 1 aromatic rings. The third-order valence-electron chi connectivity index (χ3n) is 3.46. The molecule has 1 aliphatic rings. The minimum Gasteiger partial charge on any atom is -0.381 e. The van der Waals surface area contributed by atoms with Gasteiger partial charge in [0.2, 0.25) is 0 Å². The highest BCUT2D eigenvalue weighted by Gasteiger charge is 2.35. The molecule has 0 saturated carbocycles. The van der Waals surface area contributed by atoms with Crippen molar-refractivity contribution < 1.29 is 17.3 Å². The summed E-state index contributed by atoms with van der Waals surface area (Å²) in [6.07, 6.45) is 1.19. The molecule has 0 atom stereocenters. The molecule has 2 rings (SSSR count). The summed E-state index contributed by atoms with van der Waals surface area (Å²) in [5.74, 6) is 0. The minimum atomic E-state index is -3.72. The first-order chi connectivity index (χ1) is 8.82. The van der Waals surface area contributed by atoms with E-state index in [9.17, 15) is 8.42 Å². The third-order valence-corrected chi connectivity index (χ3v) is 5.08. The molecule has 4 nitrogen and oxygen atoms in total. The van der Waals surface area contributed by atoms with Crippen LogP contribution in [0.1, 0.15) is 30.9 Å². The van der Waals surface area contributed by atoms with Crippen LogP contribution in [0.5, 0.6) is 0 Å². The zero-order valence-corrected chi connectivity index (χ0v) is 12.4. The second-order valence-corrected chi connectivity index (χ2v) is 6.88. The van der Waals surface area contributed by atoms with Crippen molar-refractivity contribution in [3.05, 3.63) is 29.3 Å². The van der Waals surface area contributed by atoms with Gasteiger partial charge in [-0.1, -0.05) is 17.7 Å². The molecule has 0 amide bonds. The molecule has 1 saturated heterocycles. The third kappa shape index (κ3) is 3.35. The lowest BCUT2D eigenvalue weighted by Crippen LogP contribution is -2.38. The Morgan fingerprint density at radius 1 is 1.21 bits per heavy atom. The van der Waals surface area contributed by atoms with E-state index in [-0.39, 0.29) is 4.90 Å². The van der Waals surface area contributed by atoms with E-state index in [2.05, 4.69) is 0 Å². The van der Waals surface area contributed by atoms with E-state index in [0.717, 1.165) is 11.1 Å². The fraction of sp³-hybridized carbons (Fsp3) is 0.571. The molecule has 0 aliphatic carbocycles. The van der Waals surface area contributed by atoms with Gasteiger partial charge in [-0.25, -0.2) is 0 Å². The Morgan fingerprint density at radius 2 is 1.84 bits per heavy atom. The van der Waals surface area contributed by atoms with Gasteiger partial charge in [0.05, 0.1) is 10.5 Å². The first-order valence-corrected chi connectivity index (χ1v) is 7.84. The Morgan fingerprint density at radius 3 is 2.42 bits per heavy atom. The van der Waals surface area contributed by atoms with Crippen LogP contribution in [0.25, 0.3) is 0 Å². The monoisotopic (exact) mass is 284 g/mol. The molecule has 1 aromatic carbocycles. The molecule has 1 fully saturated rings. The van der Waals surface area contributed by atoms with Crippen LogP contribution in [0, 0.1) is 13.8 Å². The maximum atomic E-state index is 12.4. The van der Waals surface area contributed by atoms with Gasteiger partial charge in [-0.2, -0.15) is 8.42 Å². The molecular weight excluding hydrogens is 264 g/mol. The predicted octanol–water partition coefficient (Wildman–Crippen LogP) is 2.58. The summed E-state index contributed by atoms with van der Waals surface area (Å²) in [7, 11) is -3.72. The summed E-state index contributed by atoms with van der Waals surface area (Å²) >= 11 is 0. The normalized spacial score (nSPS) is 19.3. The first kappa shape index (κ1) is 14.5. The lowest BCUT2D eigenvalue weighted by Gasteiger charge is -2.32. The maximum absolute atomic E-state index is 12.4. The predicted molar refractivity (Wildman–Crippen MR) is 72.6 cm³/mol. The van der Waals surface area contributed by atoms with Crippen molar-refractivity contribution >= 4 is 10.1 Å². The minimum absolute atomic E-state index is 0.255. The van der Waals surface area contributed by atoms with Crippen molar-refractivity contribution in [2.24, 2.45) is 0 Å². The van der Waals surface area contributed by atoms with Gasteiger partial charge in [0.15, 0.2) is 0 Å². The number of ether oxygens (including phenoxy) is 1. The fourth-order valence-electron chi connectivity index (χ4n) is 2.28. The van der Waals surface area contributed by atoms with Crippen LogP contribution < -0.4 is 0 Å². The topological polar surface area (TPSA) is 52.6 Å². The summed E-state index contributed by atoms with van der Waals surface area (Å²) in [5.41, 5.74) is 1.10. The van der Waals surface area contributed by atoms with Gasteiger partial charge in [0, 0.05) is 26.1 Å².